The quantitative estimate of drug-likeness (QED) is 0.803. The van der Waals surface area contributed by atoms with Gasteiger partial charge in [-0.3, -0.25) is 0 Å². The van der Waals surface area contributed by atoms with E-state index < -0.39 is 0 Å². The molecule has 2 aromatic rings. The van der Waals surface area contributed by atoms with E-state index in [9.17, 15) is 5.11 Å². The lowest BCUT2D eigenvalue weighted by Gasteiger charge is -2.12. The molecule has 1 fully saturated rings. The number of rotatable bonds is 2. The number of imidazole rings is 1. The summed E-state index contributed by atoms with van der Waals surface area (Å²) in [6.45, 7) is 0.237. The number of aromatic nitrogens is 4. The van der Waals surface area contributed by atoms with Crippen molar-refractivity contribution >= 4 is 28.7 Å². The fourth-order valence-corrected chi connectivity index (χ4v) is 2.85. The third-order valence-corrected chi connectivity index (χ3v) is 3.82. The van der Waals surface area contributed by atoms with Gasteiger partial charge in [0.25, 0.3) is 0 Å². The van der Waals surface area contributed by atoms with Crippen LogP contribution in [0.25, 0.3) is 11.2 Å². The zero-order valence-electron chi connectivity index (χ0n) is 9.75. The van der Waals surface area contributed by atoms with E-state index in [0.29, 0.717) is 23.1 Å². The van der Waals surface area contributed by atoms with Crippen molar-refractivity contribution < 1.29 is 5.11 Å². The maximum atomic E-state index is 9.19. The maximum absolute atomic E-state index is 9.19. The van der Waals surface area contributed by atoms with Crippen LogP contribution in [-0.2, 0) is 0 Å². The molecule has 0 bridgehead atoms. The molecule has 2 aromatic heterocycles. The molecule has 2 unspecified atom stereocenters. The molecule has 96 valence electrons. The van der Waals surface area contributed by atoms with E-state index in [-0.39, 0.29) is 17.7 Å². The summed E-state index contributed by atoms with van der Waals surface area (Å²) in [4.78, 5) is 12.3. The number of hydrogen-bond donors (Lipinski definition) is 2. The maximum Gasteiger partial charge on any atom is 0.223 e. The Kier molecular flexibility index (Phi) is 2.83. The van der Waals surface area contributed by atoms with Crippen molar-refractivity contribution in [3.63, 3.8) is 0 Å². The molecular formula is C11H14ClN5O. The molecule has 0 spiro atoms. The van der Waals surface area contributed by atoms with Crippen LogP contribution in [0.1, 0.15) is 25.3 Å². The zero-order chi connectivity index (χ0) is 12.7. The van der Waals surface area contributed by atoms with Crippen molar-refractivity contribution in [2.24, 2.45) is 5.92 Å². The Hall–Kier alpha value is -1.40. The van der Waals surface area contributed by atoms with Crippen molar-refractivity contribution in [2.45, 2.75) is 25.3 Å². The van der Waals surface area contributed by atoms with Crippen molar-refractivity contribution in [1.82, 2.24) is 19.5 Å². The summed E-state index contributed by atoms with van der Waals surface area (Å²) in [6, 6.07) is 0.303. The van der Waals surface area contributed by atoms with Crippen LogP contribution in [0.3, 0.4) is 0 Å². The highest BCUT2D eigenvalue weighted by Crippen LogP contribution is 2.36. The molecule has 6 nitrogen and oxygen atoms in total. The second-order valence-electron chi connectivity index (χ2n) is 4.71. The minimum absolute atomic E-state index is 0.158. The predicted molar refractivity (Wildman–Crippen MR) is 68.2 cm³/mol. The topological polar surface area (TPSA) is 89.8 Å². The summed E-state index contributed by atoms with van der Waals surface area (Å²) in [6.07, 6.45) is 4.70. The average Bonchev–Trinajstić information content (AvgIpc) is 2.93. The molecule has 2 heterocycles. The standard InChI is InChI=1S/C11H14ClN5O/c12-9-8-10(16-11(13)15-9)17(5-14-8)7-2-1-6(3-7)4-18/h5-7,18H,1-4H2,(H2,13,15,16). The Morgan fingerprint density at radius 2 is 2.28 bits per heavy atom. The fraction of sp³-hybridized carbons (Fsp3) is 0.545. The number of nitrogens with zero attached hydrogens (tertiary/aromatic N) is 4. The number of halogens is 1. The highest BCUT2D eigenvalue weighted by atomic mass is 35.5. The van der Waals surface area contributed by atoms with Crippen LogP contribution in [0.4, 0.5) is 5.95 Å². The van der Waals surface area contributed by atoms with Crippen LogP contribution in [-0.4, -0.2) is 31.2 Å². The third kappa shape index (κ3) is 1.81. The van der Waals surface area contributed by atoms with Gasteiger partial charge in [0.1, 0.15) is 5.52 Å². The van der Waals surface area contributed by atoms with Gasteiger partial charge in [0.15, 0.2) is 10.8 Å². The first-order valence-electron chi connectivity index (χ1n) is 5.95. The highest BCUT2D eigenvalue weighted by Gasteiger charge is 2.27. The minimum atomic E-state index is 0.158. The second kappa shape index (κ2) is 4.37. The van der Waals surface area contributed by atoms with E-state index >= 15 is 0 Å². The first-order valence-corrected chi connectivity index (χ1v) is 6.33. The number of fused-ring (bicyclic) bond motifs is 1. The van der Waals surface area contributed by atoms with E-state index in [1.165, 1.54) is 0 Å². The van der Waals surface area contributed by atoms with Crippen molar-refractivity contribution in [3.8, 4) is 0 Å². The molecule has 2 atom stereocenters. The van der Waals surface area contributed by atoms with Gasteiger partial charge < -0.3 is 15.4 Å². The summed E-state index contributed by atoms with van der Waals surface area (Å²) >= 11 is 5.99. The number of aliphatic hydroxyl groups is 1. The van der Waals surface area contributed by atoms with Gasteiger partial charge in [-0.05, 0) is 25.2 Å². The molecule has 3 rings (SSSR count). The van der Waals surface area contributed by atoms with Crippen LogP contribution in [0.5, 0.6) is 0 Å². The number of nitrogen functional groups attached to an aromatic ring is 1. The van der Waals surface area contributed by atoms with Gasteiger partial charge >= 0.3 is 0 Å². The number of nitrogens with two attached hydrogens (primary N) is 1. The normalized spacial score (nSPS) is 23.9. The van der Waals surface area contributed by atoms with Gasteiger partial charge in [0.05, 0.1) is 6.33 Å². The molecule has 0 aromatic carbocycles. The van der Waals surface area contributed by atoms with Gasteiger partial charge in [0.2, 0.25) is 5.95 Å². The van der Waals surface area contributed by atoms with Crippen LogP contribution in [0, 0.1) is 5.92 Å². The van der Waals surface area contributed by atoms with E-state index in [0.717, 1.165) is 19.3 Å². The Labute approximate surface area is 109 Å². The van der Waals surface area contributed by atoms with Gasteiger partial charge in [-0.15, -0.1) is 0 Å². The Morgan fingerprint density at radius 1 is 1.44 bits per heavy atom. The number of hydrogen-bond acceptors (Lipinski definition) is 5. The summed E-state index contributed by atoms with van der Waals surface area (Å²) in [5.41, 5.74) is 6.88. The van der Waals surface area contributed by atoms with Gasteiger partial charge in [-0.25, -0.2) is 4.98 Å². The van der Waals surface area contributed by atoms with E-state index in [2.05, 4.69) is 15.0 Å². The Morgan fingerprint density at radius 3 is 3.00 bits per heavy atom. The summed E-state index contributed by atoms with van der Waals surface area (Å²) in [5.74, 6) is 0.521. The van der Waals surface area contributed by atoms with Gasteiger partial charge in [-0.2, -0.15) is 9.97 Å². The first-order chi connectivity index (χ1) is 8.69. The molecule has 0 amide bonds. The molecule has 3 N–H and O–H groups in total. The minimum Gasteiger partial charge on any atom is -0.396 e. The van der Waals surface area contributed by atoms with Crippen LogP contribution >= 0.6 is 11.6 Å². The molecule has 7 heteroatoms. The summed E-state index contributed by atoms with van der Waals surface area (Å²) in [5, 5.41) is 9.48. The fourth-order valence-electron chi connectivity index (χ4n) is 2.63. The molecule has 18 heavy (non-hydrogen) atoms. The van der Waals surface area contributed by atoms with Crippen molar-refractivity contribution in [1.29, 1.82) is 0 Å². The largest absolute Gasteiger partial charge is 0.396 e. The van der Waals surface area contributed by atoms with E-state index in [4.69, 9.17) is 17.3 Å². The molecule has 1 aliphatic carbocycles. The molecule has 1 aliphatic rings. The van der Waals surface area contributed by atoms with Crippen LogP contribution in [0.2, 0.25) is 5.15 Å². The molecular weight excluding hydrogens is 254 g/mol. The lowest BCUT2D eigenvalue weighted by molar-refractivity contribution is 0.226. The third-order valence-electron chi connectivity index (χ3n) is 3.56. The molecule has 0 saturated heterocycles. The molecule has 1 saturated carbocycles. The lowest BCUT2D eigenvalue weighted by Crippen LogP contribution is -2.07. The van der Waals surface area contributed by atoms with Crippen molar-refractivity contribution in [3.05, 3.63) is 11.5 Å². The van der Waals surface area contributed by atoms with Gasteiger partial charge in [0, 0.05) is 12.6 Å². The summed E-state index contributed by atoms with van der Waals surface area (Å²) in [7, 11) is 0. The summed E-state index contributed by atoms with van der Waals surface area (Å²) < 4.78 is 1.99. The monoisotopic (exact) mass is 267 g/mol. The van der Waals surface area contributed by atoms with Gasteiger partial charge in [-0.1, -0.05) is 11.6 Å². The average molecular weight is 268 g/mol. The number of anilines is 1. The SMILES string of the molecule is Nc1nc(Cl)c2ncn(C3CCC(CO)C3)c2n1. The van der Waals surface area contributed by atoms with E-state index in [1.54, 1.807) is 6.33 Å². The molecule has 0 aliphatic heterocycles. The Balaban J connectivity index is 2.03. The highest BCUT2D eigenvalue weighted by molar-refractivity contribution is 6.33. The van der Waals surface area contributed by atoms with Crippen LogP contribution < -0.4 is 5.73 Å². The lowest BCUT2D eigenvalue weighted by atomic mass is 10.1. The van der Waals surface area contributed by atoms with Crippen LogP contribution in [0.15, 0.2) is 6.33 Å². The predicted octanol–water partition coefficient (Wildman–Crippen LogP) is 1.40. The molecule has 0 radical (unpaired) electrons. The van der Waals surface area contributed by atoms with Crippen molar-refractivity contribution in [2.75, 3.05) is 12.3 Å². The Bertz CT molecular complexity index is 584. The smallest absolute Gasteiger partial charge is 0.223 e. The first kappa shape index (κ1) is 11.7. The second-order valence-corrected chi connectivity index (χ2v) is 5.07. The van der Waals surface area contributed by atoms with E-state index in [1.807, 2.05) is 4.57 Å². The zero-order valence-corrected chi connectivity index (χ0v) is 10.5. The number of aliphatic hydroxyl groups excluding tert-OH is 1.